The molecule has 0 spiro atoms. The Balaban J connectivity index is 1.89. The number of aromatic nitrogens is 2. The highest BCUT2D eigenvalue weighted by atomic mass is 32.2. The zero-order valence-corrected chi connectivity index (χ0v) is 12.4. The highest BCUT2D eigenvalue weighted by molar-refractivity contribution is 7.99. The molecule has 0 atom stereocenters. The second-order valence-electron chi connectivity index (χ2n) is 4.16. The highest BCUT2D eigenvalue weighted by Gasteiger charge is 2.10. The lowest BCUT2D eigenvalue weighted by atomic mass is 10.1. The molecule has 0 aliphatic rings. The van der Waals surface area contributed by atoms with Crippen molar-refractivity contribution in [2.45, 2.75) is 31.9 Å². The molecule has 5 nitrogen and oxygen atoms in total. The molecule has 20 heavy (non-hydrogen) atoms. The Morgan fingerprint density at radius 1 is 1.25 bits per heavy atom. The molecule has 2 aromatic rings. The first-order valence-corrected chi connectivity index (χ1v) is 7.54. The van der Waals surface area contributed by atoms with E-state index in [0.29, 0.717) is 17.5 Å². The fourth-order valence-corrected chi connectivity index (χ4v) is 2.28. The average Bonchev–Trinajstić information content (AvgIpc) is 2.94. The van der Waals surface area contributed by atoms with Gasteiger partial charge in [0.2, 0.25) is 11.8 Å². The molecular formula is C14H17N3O2S. The van der Waals surface area contributed by atoms with Crippen LogP contribution in [0.4, 0.5) is 5.69 Å². The smallest absolute Gasteiger partial charge is 0.277 e. The van der Waals surface area contributed by atoms with Gasteiger partial charge in [0.25, 0.3) is 5.22 Å². The van der Waals surface area contributed by atoms with Crippen LogP contribution in [0.1, 0.15) is 25.3 Å². The lowest BCUT2D eigenvalue weighted by molar-refractivity contribution is -0.113. The van der Waals surface area contributed by atoms with Gasteiger partial charge in [-0.25, -0.2) is 0 Å². The van der Waals surface area contributed by atoms with Gasteiger partial charge in [0.1, 0.15) is 0 Å². The van der Waals surface area contributed by atoms with Gasteiger partial charge in [0.05, 0.1) is 5.75 Å². The minimum absolute atomic E-state index is 0.0767. The van der Waals surface area contributed by atoms with Gasteiger partial charge in [-0.3, -0.25) is 4.79 Å². The fourth-order valence-electron chi connectivity index (χ4n) is 1.70. The number of aryl methyl sites for hydroxylation is 2. The topological polar surface area (TPSA) is 68.0 Å². The molecule has 0 saturated heterocycles. The van der Waals surface area contributed by atoms with Gasteiger partial charge < -0.3 is 9.73 Å². The maximum atomic E-state index is 11.9. The summed E-state index contributed by atoms with van der Waals surface area (Å²) in [5.41, 5.74) is 1.98. The number of thioether (sulfide) groups is 1. The number of nitrogens with one attached hydrogen (secondary N) is 1. The summed E-state index contributed by atoms with van der Waals surface area (Å²) in [5, 5.41) is 11.1. The summed E-state index contributed by atoms with van der Waals surface area (Å²) in [4.78, 5) is 11.9. The molecule has 1 aromatic carbocycles. The van der Waals surface area contributed by atoms with E-state index in [1.807, 2.05) is 31.2 Å². The number of amides is 1. The first-order chi connectivity index (χ1) is 9.72. The minimum atomic E-state index is -0.0767. The molecule has 0 saturated carbocycles. The van der Waals surface area contributed by atoms with Crippen molar-refractivity contribution in [2.75, 3.05) is 11.1 Å². The van der Waals surface area contributed by atoms with E-state index in [1.165, 1.54) is 11.8 Å². The number of carbonyl (C=O) groups is 1. The second-order valence-corrected chi connectivity index (χ2v) is 5.09. The van der Waals surface area contributed by atoms with E-state index in [9.17, 15) is 4.79 Å². The van der Waals surface area contributed by atoms with E-state index in [2.05, 4.69) is 22.4 Å². The predicted molar refractivity (Wildman–Crippen MR) is 78.8 cm³/mol. The normalized spacial score (nSPS) is 10.5. The van der Waals surface area contributed by atoms with Crippen LogP contribution in [0.2, 0.25) is 0 Å². The molecule has 1 aromatic heterocycles. The molecule has 0 unspecified atom stereocenters. The zero-order chi connectivity index (χ0) is 14.4. The first kappa shape index (κ1) is 14.6. The Hall–Kier alpha value is -1.82. The van der Waals surface area contributed by atoms with Crippen LogP contribution in [-0.4, -0.2) is 21.9 Å². The predicted octanol–water partition coefficient (Wildman–Crippen LogP) is 2.93. The molecule has 0 aliphatic carbocycles. The lowest BCUT2D eigenvalue weighted by Gasteiger charge is -2.08. The third-order valence-corrected chi connectivity index (χ3v) is 3.57. The molecule has 0 bridgehead atoms. The molecule has 0 fully saturated rings. The Morgan fingerprint density at radius 2 is 2.05 bits per heavy atom. The van der Waals surface area contributed by atoms with Crippen LogP contribution >= 0.6 is 11.8 Å². The van der Waals surface area contributed by atoms with Crippen molar-refractivity contribution < 1.29 is 9.21 Å². The van der Waals surface area contributed by atoms with E-state index in [1.54, 1.807) is 0 Å². The van der Waals surface area contributed by atoms with Crippen LogP contribution in [0.25, 0.3) is 0 Å². The van der Waals surface area contributed by atoms with Gasteiger partial charge in [-0.05, 0) is 18.1 Å². The van der Waals surface area contributed by atoms with Crippen molar-refractivity contribution in [1.82, 2.24) is 10.2 Å². The largest absolute Gasteiger partial charge is 0.416 e. The van der Waals surface area contributed by atoms with Crippen LogP contribution in [0.5, 0.6) is 0 Å². The van der Waals surface area contributed by atoms with Crippen LogP contribution in [0.3, 0.4) is 0 Å². The molecule has 2 rings (SSSR count). The van der Waals surface area contributed by atoms with E-state index in [-0.39, 0.29) is 11.7 Å². The Labute approximate surface area is 122 Å². The van der Waals surface area contributed by atoms with Gasteiger partial charge in [-0.1, -0.05) is 43.8 Å². The average molecular weight is 291 g/mol. The Morgan fingerprint density at radius 3 is 2.75 bits per heavy atom. The molecule has 0 radical (unpaired) electrons. The number of benzene rings is 1. The molecule has 106 valence electrons. The fraction of sp³-hybridized carbons (Fsp3) is 0.357. The van der Waals surface area contributed by atoms with E-state index < -0.39 is 0 Å². The van der Waals surface area contributed by atoms with Crippen molar-refractivity contribution in [2.24, 2.45) is 0 Å². The zero-order valence-electron chi connectivity index (χ0n) is 11.5. The van der Waals surface area contributed by atoms with Crippen LogP contribution in [-0.2, 0) is 17.6 Å². The standard InChI is InChI=1S/C14H17N3O2S/c1-3-10-7-5-6-8-11(10)15-12(18)9-20-14-17-16-13(4-2)19-14/h5-8H,3-4,9H2,1-2H3,(H,15,18). The first-order valence-electron chi connectivity index (χ1n) is 6.55. The highest BCUT2D eigenvalue weighted by Crippen LogP contribution is 2.19. The van der Waals surface area contributed by atoms with Crippen molar-refractivity contribution in [1.29, 1.82) is 0 Å². The molecule has 1 N–H and O–H groups in total. The van der Waals surface area contributed by atoms with Gasteiger partial charge in [0.15, 0.2) is 0 Å². The van der Waals surface area contributed by atoms with Gasteiger partial charge >= 0.3 is 0 Å². The third-order valence-electron chi connectivity index (χ3n) is 2.75. The van der Waals surface area contributed by atoms with Crippen molar-refractivity contribution in [3.8, 4) is 0 Å². The summed E-state index contributed by atoms with van der Waals surface area (Å²) in [6, 6.07) is 7.79. The summed E-state index contributed by atoms with van der Waals surface area (Å²) < 4.78 is 5.34. The van der Waals surface area contributed by atoms with Crippen LogP contribution in [0.15, 0.2) is 33.9 Å². The lowest BCUT2D eigenvalue weighted by Crippen LogP contribution is -2.15. The number of carbonyl (C=O) groups excluding carboxylic acids is 1. The number of para-hydroxylation sites is 1. The summed E-state index contributed by atoms with van der Waals surface area (Å²) in [7, 11) is 0. The number of hydrogen-bond donors (Lipinski definition) is 1. The van der Waals surface area contributed by atoms with Crippen molar-refractivity contribution in [3.63, 3.8) is 0 Å². The maximum absolute atomic E-state index is 11.9. The minimum Gasteiger partial charge on any atom is -0.416 e. The Kier molecular flexibility index (Phi) is 5.17. The van der Waals surface area contributed by atoms with Crippen molar-refractivity contribution in [3.05, 3.63) is 35.7 Å². The summed E-state index contributed by atoms with van der Waals surface area (Å²) >= 11 is 1.25. The van der Waals surface area contributed by atoms with E-state index in [0.717, 1.165) is 17.7 Å². The van der Waals surface area contributed by atoms with Gasteiger partial charge in [-0.2, -0.15) is 0 Å². The van der Waals surface area contributed by atoms with Crippen LogP contribution in [0, 0.1) is 0 Å². The second kappa shape index (κ2) is 7.09. The summed E-state index contributed by atoms with van der Waals surface area (Å²) in [6.07, 6.45) is 1.58. The quantitative estimate of drug-likeness (QED) is 0.829. The van der Waals surface area contributed by atoms with E-state index in [4.69, 9.17) is 4.42 Å². The third kappa shape index (κ3) is 3.84. The van der Waals surface area contributed by atoms with E-state index >= 15 is 0 Å². The number of anilines is 1. The molecule has 6 heteroatoms. The summed E-state index contributed by atoms with van der Waals surface area (Å²) in [6.45, 7) is 4.00. The number of rotatable bonds is 6. The molecule has 1 heterocycles. The van der Waals surface area contributed by atoms with Gasteiger partial charge in [-0.15, -0.1) is 10.2 Å². The number of hydrogen-bond acceptors (Lipinski definition) is 5. The molecule has 1 amide bonds. The molecule has 0 aliphatic heterocycles. The maximum Gasteiger partial charge on any atom is 0.277 e. The van der Waals surface area contributed by atoms with Gasteiger partial charge in [0, 0.05) is 12.1 Å². The SMILES string of the molecule is CCc1nnc(SCC(=O)Nc2ccccc2CC)o1. The monoisotopic (exact) mass is 291 g/mol. The van der Waals surface area contributed by atoms with Crippen LogP contribution < -0.4 is 5.32 Å². The summed E-state index contributed by atoms with van der Waals surface area (Å²) in [5.74, 6) is 0.764. The number of nitrogens with zero attached hydrogens (tertiary/aromatic N) is 2. The molecular weight excluding hydrogens is 274 g/mol. The Bertz CT molecular complexity index is 583. The van der Waals surface area contributed by atoms with Crippen molar-refractivity contribution >= 4 is 23.4 Å².